The molecule has 0 unspecified atom stereocenters. The highest BCUT2D eigenvalue weighted by Crippen LogP contribution is 2.09. The summed E-state index contributed by atoms with van der Waals surface area (Å²) in [4.78, 5) is 1.02. The lowest BCUT2D eigenvalue weighted by atomic mass is 10.4. The highest BCUT2D eigenvalue weighted by molar-refractivity contribution is 14.1. The van der Waals surface area contributed by atoms with Crippen molar-refractivity contribution in [1.82, 2.24) is 0 Å². The van der Waals surface area contributed by atoms with Crippen molar-refractivity contribution in [2.75, 3.05) is 0 Å². The third kappa shape index (κ3) is 1.67. The fourth-order valence-corrected chi connectivity index (χ4v) is 1.49. The van der Waals surface area contributed by atoms with Crippen molar-refractivity contribution in [3.63, 3.8) is 0 Å². The van der Waals surface area contributed by atoms with E-state index in [1.54, 1.807) is 0 Å². The molecule has 0 fully saturated rings. The van der Waals surface area contributed by atoms with E-state index in [1.165, 1.54) is 3.57 Å². The lowest BCUT2D eigenvalue weighted by Gasteiger charge is -1.88. The van der Waals surface area contributed by atoms with Crippen molar-refractivity contribution in [1.29, 1.82) is 0 Å². The average Bonchev–Trinajstić information content (AvgIpc) is 1.64. The van der Waals surface area contributed by atoms with E-state index < -0.39 is 0 Å². The van der Waals surface area contributed by atoms with E-state index >= 15 is 0 Å². The Hall–Kier alpha value is 0.300. The van der Waals surface area contributed by atoms with E-state index in [0.29, 0.717) is 0 Å². The van der Waals surface area contributed by atoms with Crippen LogP contribution in [-0.4, -0.2) is 0 Å². The van der Waals surface area contributed by atoms with Gasteiger partial charge in [-0.2, -0.15) is 0 Å². The second-order valence-corrected chi connectivity index (χ2v) is 3.24. The quantitative estimate of drug-likeness (QED) is 0.519. The first-order valence-electron chi connectivity index (χ1n) is 2.23. The first-order valence-corrected chi connectivity index (χ1v) is 3.76. The van der Waals surface area contributed by atoms with Crippen LogP contribution in [0.15, 0.2) is 29.2 Å². The third-order valence-corrected chi connectivity index (χ3v) is 1.76. The smallest absolute Gasteiger partial charge is 0.0141 e. The molecule has 0 heterocycles. The Kier molecular flexibility index (Phi) is 2.19. The number of rotatable bonds is 0. The number of thiol groups is 1. The minimum Gasteiger partial charge on any atom is -0.143 e. The summed E-state index contributed by atoms with van der Waals surface area (Å²) in [6.45, 7) is 0. The van der Waals surface area contributed by atoms with Crippen LogP contribution in [-0.2, 0) is 0 Å². The number of benzene rings is 1. The summed E-state index contributed by atoms with van der Waals surface area (Å²) < 4.78 is 1.23. The van der Waals surface area contributed by atoms with Gasteiger partial charge in [0, 0.05) is 8.47 Å². The molecule has 42 valence electrons. The standard InChI is InChI=1S/C6H5IS/c7-5-2-1-3-6(8)4-5/h1-4,8H. The molecular formula is C6H5IS. The van der Waals surface area contributed by atoms with Crippen LogP contribution < -0.4 is 0 Å². The van der Waals surface area contributed by atoms with Crippen molar-refractivity contribution < 1.29 is 0 Å². The van der Waals surface area contributed by atoms with Crippen LogP contribution in [0.25, 0.3) is 0 Å². The van der Waals surface area contributed by atoms with Gasteiger partial charge in [-0.05, 0) is 40.8 Å². The largest absolute Gasteiger partial charge is 0.143 e. The molecule has 0 aliphatic heterocycles. The Labute approximate surface area is 67.8 Å². The molecule has 0 aliphatic rings. The molecule has 1 aromatic rings. The van der Waals surface area contributed by atoms with Gasteiger partial charge < -0.3 is 0 Å². The van der Waals surface area contributed by atoms with Gasteiger partial charge >= 0.3 is 0 Å². The highest BCUT2D eigenvalue weighted by atomic mass is 127. The molecule has 0 aliphatic carbocycles. The SMILES string of the molecule is Sc1cccc(I)c1. The van der Waals surface area contributed by atoms with Crippen molar-refractivity contribution in [3.05, 3.63) is 27.8 Å². The van der Waals surface area contributed by atoms with Crippen LogP contribution in [0.2, 0.25) is 0 Å². The first-order chi connectivity index (χ1) is 3.79. The van der Waals surface area contributed by atoms with Gasteiger partial charge in [0.1, 0.15) is 0 Å². The summed E-state index contributed by atoms with van der Waals surface area (Å²) in [5.41, 5.74) is 0. The van der Waals surface area contributed by atoms with E-state index in [-0.39, 0.29) is 0 Å². The van der Waals surface area contributed by atoms with E-state index in [9.17, 15) is 0 Å². The Morgan fingerprint density at radius 3 is 2.50 bits per heavy atom. The summed E-state index contributed by atoms with van der Waals surface area (Å²) in [5.74, 6) is 0. The summed E-state index contributed by atoms with van der Waals surface area (Å²) in [7, 11) is 0. The van der Waals surface area contributed by atoms with Gasteiger partial charge in [-0.1, -0.05) is 6.07 Å². The summed E-state index contributed by atoms with van der Waals surface area (Å²) in [6.07, 6.45) is 0. The van der Waals surface area contributed by atoms with Gasteiger partial charge in [0.15, 0.2) is 0 Å². The van der Waals surface area contributed by atoms with Gasteiger partial charge in [0.05, 0.1) is 0 Å². The summed E-state index contributed by atoms with van der Waals surface area (Å²) in [6, 6.07) is 8.01. The van der Waals surface area contributed by atoms with Gasteiger partial charge in [0.2, 0.25) is 0 Å². The molecular weight excluding hydrogens is 231 g/mol. The number of hydrogen-bond acceptors (Lipinski definition) is 1. The molecule has 0 spiro atoms. The fraction of sp³-hybridized carbons (Fsp3) is 0. The third-order valence-electron chi connectivity index (χ3n) is 0.808. The maximum absolute atomic E-state index is 4.15. The molecule has 0 radical (unpaired) electrons. The molecule has 0 nitrogen and oxygen atoms in total. The van der Waals surface area contributed by atoms with Crippen LogP contribution in [0.5, 0.6) is 0 Å². The van der Waals surface area contributed by atoms with Crippen molar-refractivity contribution in [2.45, 2.75) is 4.90 Å². The molecule has 0 atom stereocenters. The summed E-state index contributed by atoms with van der Waals surface area (Å²) >= 11 is 6.41. The Morgan fingerprint density at radius 1 is 1.38 bits per heavy atom. The van der Waals surface area contributed by atoms with Gasteiger partial charge in [-0.15, -0.1) is 12.6 Å². The van der Waals surface area contributed by atoms with E-state index in [2.05, 4.69) is 35.2 Å². The van der Waals surface area contributed by atoms with Crippen LogP contribution in [0.4, 0.5) is 0 Å². The van der Waals surface area contributed by atoms with E-state index in [0.717, 1.165) is 4.90 Å². The lowest BCUT2D eigenvalue weighted by molar-refractivity contribution is 1.45. The number of halogens is 1. The predicted molar refractivity (Wildman–Crippen MR) is 46.4 cm³/mol. The maximum Gasteiger partial charge on any atom is 0.0141 e. The van der Waals surface area contributed by atoms with Gasteiger partial charge in [0.25, 0.3) is 0 Å². The minimum absolute atomic E-state index is 1.02. The van der Waals surface area contributed by atoms with Crippen molar-refractivity contribution in [2.24, 2.45) is 0 Å². The van der Waals surface area contributed by atoms with Crippen LogP contribution in [0.3, 0.4) is 0 Å². The molecule has 0 saturated heterocycles. The Bertz CT molecular complexity index is 168. The predicted octanol–water partition coefficient (Wildman–Crippen LogP) is 2.58. The molecule has 1 rings (SSSR count). The minimum atomic E-state index is 1.02. The van der Waals surface area contributed by atoms with Gasteiger partial charge in [-0.25, -0.2) is 0 Å². The monoisotopic (exact) mass is 236 g/mol. The Morgan fingerprint density at radius 2 is 2.12 bits per heavy atom. The molecule has 0 amide bonds. The normalized spacial score (nSPS) is 9.25. The molecule has 0 saturated carbocycles. The van der Waals surface area contributed by atoms with Crippen molar-refractivity contribution >= 4 is 35.2 Å². The maximum atomic E-state index is 4.15. The van der Waals surface area contributed by atoms with Crippen LogP contribution >= 0.6 is 35.2 Å². The number of hydrogen-bond donors (Lipinski definition) is 1. The van der Waals surface area contributed by atoms with E-state index in [4.69, 9.17) is 0 Å². The second kappa shape index (κ2) is 2.73. The zero-order chi connectivity index (χ0) is 5.98. The lowest BCUT2D eigenvalue weighted by Crippen LogP contribution is -1.66. The van der Waals surface area contributed by atoms with Gasteiger partial charge in [-0.3, -0.25) is 0 Å². The topological polar surface area (TPSA) is 0 Å². The Balaban J connectivity index is 3.08. The zero-order valence-corrected chi connectivity index (χ0v) is 7.19. The highest BCUT2D eigenvalue weighted by Gasteiger charge is 1.83. The second-order valence-electron chi connectivity index (χ2n) is 1.48. The molecule has 0 bridgehead atoms. The zero-order valence-electron chi connectivity index (χ0n) is 4.13. The van der Waals surface area contributed by atoms with Crippen LogP contribution in [0, 0.1) is 3.57 Å². The fourth-order valence-electron chi connectivity index (χ4n) is 0.476. The first kappa shape index (κ1) is 6.42. The molecule has 0 aromatic heterocycles. The van der Waals surface area contributed by atoms with Crippen LogP contribution in [0.1, 0.15) is 0 Å². The summed E-state index contributed by atoms with van der Waals surface area (Å²) in [5, 5.41) is 0. The average molecular weight is 236 g/mol. The molecule has 8 heavy (non-hydrogen) atoms. The van der Waals surface area contributed by atoms with Crippen molar-refractivity contribution in [3.8, 4) is 0 Å². The molecule has 2 heteroatoms. The molecule has 0 N–H and O–H groups in total. The molecule has 1 aromatic carbocycles. The van der Waals surface area contributed by atoms with E-state index in [1.807, 2.05) is 24.3 Å².